The molecular weight excluding hydrogens is 572 g/mol. The Hall–Kier alpha value is -3.37. The van der Waals surface area contributed by atoms with Crippen LogP contribution in [0.2, 0.25) is 0 Å². The number of aliphatic hydroxyl groups excluding tert-OH is 1. The molecule has 2 aromatic carbocycles. The summed E-state index contributed by atoms with van der Waals surface area (Å²) >= 11 is 1.52. The molecule has 0 spiro atoms. The Kier molecular flexibility index (Phi) is 10.8. The maximum Gasteiger partial charge on any atom is 0.246 e. The highest BCUT2D eigenvalue weighted by molar-refractivity contribution is 7.09. The van der Waals surface area contributed by atoms with Crippen molar-refractivity contribution in [2.24, 2.45) is 17.4 Å². The van der Waals surface area contributed by atoms with Gasteiger partial charge in [-0.3, -0.25) is 14.4 Å². The highest BCUT2D eigenvalue weighted by Gasteiger charge is 2.47. The van der Waals surface area contributed by atoms with Crippen molar-refractivity contribution >= 4 is 39.7 Å². The van der Waals surface area contributed by atoms with Crippen molar-refractivity contribution < 1.29 is 19.5 Å². The van der Waals surface area contributed by atoms with Crippen molar-refractivity contribution in [1.82, 2.24) is 9.80 Å². The van der Waals surface area contributed by atoms with E-state index in [0.717, 1.165) is 21.2 Å². The molecule has 8 nitrogen and oxygen atoms in total. The standard InChI is InChI=1S/C35H46N4O4S/c1-34(2,36)17-7-12-31(41)38(4)30(22-24-13-14-25-9-5-6-10-26(25)21-24)32(42)35(3,37)29(23-28-11-8-20-44-28)33(43)39-18-15-27(40)16-19-39/h5-14,20-21,27,29-30,40H,15-19,22-23,36-37H2,1-4H3/b12-7+/t29-,30-,35?/m1/s1. The normalized spacial score (nSPS) is 17.4. The third-order valence-corrected chi connectivity index (χ3v) is 9.48. The Morgan fingerprint density at radius 2 is 1.70 bits per heavy atom. The number of amides is 2. The lowest BCUT2D eigenvalue weighted by atomic mass is 9.75. The quantitative estimate of drug-likeness (QED) is 0.262. The van der Waals surface area contributed by atoms with Crippen LogP contribution in [0.5, 0.6) is 0 Å². The van der Waals surface area contributed by atoms with Gasteiger partial charge >= 0.3 is 0 Å². The number of likely N-dealkylation sites (N-methyl/N-ethyl adjacent to an activating group) is 1. The predicted octanol–water partition coefficient (Wildman–Crippen LogP) is 4.08. The average molecular weight is 619 g/mol. The second-order valence-corrected chi connectivity index (χ2v) is 14.0. The fourth-order valence-electron chi connectivity index (χ4n) is 5.75. The van der Waals surface area contributed by atoms with Gasteiger partial charge in [0.2, 0.25) is 11.8 Å². The minimum atomic E-state index is -1.59. The first kappa shape index (κ1) is 33.5. The second kappa shape index (κ2) is 14.2. The molecule has 0 radical (unpaired) electrons. The maximum atomic E-state index is 14.7. The van der Waals surface area contributed by atoms with Gasteiger partial charge in [0.1, 0.15) is 0 Å². The van der Waals surface area contributed by atoms with Crippen LogP contribution in [0.3, 0.4) is 0 Å². The number of likely N-dealkylation sites (tertiary alicyclic amines) is 1. The van der Waals surface area contributed by atoms with E-state index in [1.54, 1.807) is 24.9 Å². The first-order chi connectivity index (χ1) is 20.8. The Labute approximate surface area is 264 Å². The summed E-state index contributed by atoms with van der Waals surface area (Å²) in [7, 11) is 1.61. The third kappa shape index (κ3) is 8.41. The van der Waals surface area contributed by atoms with Gasteiger partial charge in [-0.2, -0.15) is 0 Å². The van der Waals surface area contributed by atoms with E-state index in [9.17, 15) is 19.5 Å². The smallest absolute Gasteiger partial charge is 0.246 e. The van der Waals surface area contributed by atoms with Crippen molar-refractivity contribution in [2.75, 3.05) is 20.1 Å². The molecule has 3 atom stereocenters. The van der Waals surface area contributed by atoms with Crippen molar-refractivity contribution in [3.05, 3.63) is 82.6 Å². The molecular formula is C35H46N4O4S. The van der Waals surface area contributed by atoms with Crippen LogP contribution >= 0.6 is 11.3 Å². The number of hydrogen-bond donors (Lipinski definition) is 3. The fourth-order valence-corrected chi connectivity index (χ4v) is 6.50. The Bertz CT molecular complexity index is 1470. The molecule has 3 aromatic rings. The minimum absolute atomic E-state index is 0.202. The average Bonchev–Trinajstić information content (AvgIpc) is 3.50. The third-order valence-electron chi connectivity index (χ3n) is 8.58. The lowest BCUT2D eigenvalue weighted by Gasteiger charge is -2.40. The van der Waals surface area contributed by atoms with Crippen molar-refractivity contribution in [1.29, 1.82) is 0 Å². The molecule has 1 aliphatic heterocycles. The zero-order valence-corrected chi connectivity index (χ0v) is 27.1. The zero-order chi connectivity index (χ0) is 32.1. The van der Waals surface area contributed by atoms with E-state index in [1.807, 2.05) is 73.8 Å². The number of thiophene rings is 1. The number of Topliss-reactive ketones (excluding diaryl/α,β-unsaturated/α-hetero) is 1. The number of ketones is 1. The number of aliphatic hydroxyl groups is 1. The van der Waals surface area contributed by atoms with Crippen LogP contribution in [0.4, 0.5) is 0 Å². The van der Waals surface area contributed by atoms with Gasteiger partial charge in [-0.1, -0.05) is 54.6 Å². The van der Waals surface area contributed by atoms with Crippen LogP contribution in [0.1, 0.15) is 50.5 Å². The van der Waals surface area contributed by atoms with E-state index in [1.165, 1.54) is 22.3 Å². The van der Waals surface area contributed by atoms with Gasteiger partial charge in [0, 0.05) is 37.0 Å². The lowest BCUT2D eigenvalue weighted by Crippen LogP contribution is -2.63. The molecule has 1 aromatic heterocycles. The van der Waals surface area contributed by atoms with E-state index in [4.69, 9.17) is 11.5 Å². The van der Waals surface area contributed by atoms with Gasteiger partial charge in [-0.25, -0.2) is 0 Å². The van der Waals surface area contributed by atoms with E-state index < -0.39 is 29.1 Å². The summed E-state index contributed by atoms with van der Waals surface area (Å²) < 4.78 is 0. The van der Waals surface area contributed by atoms with Gasteiger partial charge in [0.05, 0.1) is 23.6 Å². The summed E-state index contributed by atoms with van der Waals surface area (Å²) in [6, 6.07) is 16.9. The van der Waals surface area contributed by atoms with E-state index in [-0.39, 0.29) is 24.0 Å². The molecule has 9 heteroatoms. The summed E-state index contributed by atoms with van der Waals surface area (Å²) in [5.41, 5.74) is 11.9. The first-order valence-corrected chi connectivity index (χ1v) is 16.2. The number of piperidine rings is 1. The van der Waals surface area contributed by atoms with Crippen LogP contribution in [-0.2, 0) is 27.2 Å². The largest absolute Gasteiger partial charge is 0.393 e. The summed E-state index contributed by atoms with van der Waals surface area (Å²) in [5.74, 6) is -1.76. The minimum Gasteiger partial charge on any atom is -0.393 e. The fraction of sp³-hybridized carbons (Fsp3) is 0.457. The molecule has 1 unspecified atom stereocenters. The number of hydrogen-bond acceptors (Lipinski definition) is 7. The molecule has 2 heterocycles. The number of benzene rings is 2. The Morgan fingerprint density at radius 1 is 1.02 bits per heavy atom. The molecule has 44 heavy (non-hydrogen) atoms. The second-order valence-electron chi connectivity index (χ2n) is 13.0. The van der Waals surface area contributed by atoms with Crippen LogP contribution in [0.25, 0.3) is 10.8 Å². The number of fused-ring (bicyclic) bond motifs is 1. The Balaban J connectivity index is 1.69. The molecule has 0 saturated carbocycles. The van der Waals surface area contributed by atoms with Crippen molar-refractivity contribution in [3.8, 4) is 0 Å². The maximum absolute atomic E-state index is 14.7. The van der Waals surface area contributed by atoms with Gasteiger partial charge in [-0.15, -0.1) is 11.3 Å². The number of carbonyl (C=O) groups excluding carboxylic acids is 3. The van der Waals surface area contributed by atoms with Gasteiger partial charge in [-0.05, 0) is 80.3 Å². The van der Waals surface area contributed by atoms with Crippen LogP contribution in [0, 0.1) is 5.92 Å². The SMILES string of the molecule is CN(C(=O)/C=C/CC(C)(C)N)[C@H](Cc1ccc2ccccc2c1)C(=O)C(C)(N)[C@H](Cc1cccs1)C(=O)N1CCC(O)CC1. The molecule has 2 amide bonds. The van der Waals surface area contributed by atoms with Gasteiger partial charge < -0.3 is 26.4 Å². The van der Waals surface area contributed by atoms with Crippen LogP contribution in [0.15, 0.2) is 72.1 Å². The molecule has 1 saturated heterocycles. The van der Waals surface area contributed by atoms with E-state index in [2.05, 4.69) is 0 Å². The number of nitrogens with two attached hydrogens (primary N) is 2. The molecule has 236 valence electrons. The molecule has 1 aliphatic rings. The zero-order valence-electron chi connectivity index (χ0n) is 26.2. The molecule has 4 rings (SSSR count). The summed E-state index contributed by atoms with van der Waals surface area (Å²) in [6.45, 7) is 6.21. The monoisotopic (exact) mass is 618 g/mol. The van der Waals surface area contributed by atoms with Crippen molar-refractivity contribution in [3.63, 3.8) is 0 Å². The molecule has 0 bridgehead atoms. The number of carbonyl (C=O) groups is 3. The highest BCUT2D eigenvalue weighted by Crippen LogP contribution is 2.30. The number of nitrogens with zero attached hydrogens (tertiary/aromatic N) is 2. The van der Waals surface area contributed by atoms with E-state index in [0.29, 0.717) is 38.8 Å². The van der Waals surface area contributed by atoms with Crippen molar-refractivity contribution in [2.45, 2.75) is 76.1 Å². The highest BCUT2D eigenvalue weighted by atomic mass is 32.1. The lowest BCUT2D eigenvalue weighted by molar-refractivity contribution is -0.146. The van der Waals surface area contributed by atoms with Gasteiger partial charge in [0.15, 0.2) is 5.78 Å². The van der Waals surface area contributed by atoms with Gasteiger partial charge in [0.25, 0.3) is 0 Å². The van der Waals surface area contributed by atoms with Crippen LogP contribution in [-0.4, -0.2) is 75.9 Å². The topological polar surface area (TPSA) is 130 Å². The summed E-state index contributed by atoms with van der Waals surface area (Å²) in [4.78, 5) is 46.3. The van der Waals surface area contributed by atoms with Crippen LogP contribution < -0.4 is 11.5 Å². The molecule has 0 aliphatic carbocycles. The number of rotatable bonds is 12. The summed E-state index contributed by atoms with van der Waals surface area (Å²) in [6.07, 6.45) is 4.75. The first-order valence-electron chi connectivity index (χ1n) is 15.3. The Morgan fingerprint density at radius 3 is 2.34 bits per heavy atom. The predicted molar refractivity (Wildman–Crippen MR) is 177 cm³/mol. The molecule has 1 fully saturated rings. The molecule has 5 N–H and O–H groups in total. The van der Waals surface area contributed by atoms with E-state index >= 15 is 0 Å². The summed E-state index contributed by atoms with van der Waals surface area (Å²) in [5, 5.41) is 14.1.